The molecule has 0 aliphatic heterocycles. The van der Waals surface area contributed by atoms with E-state index in [1.54, 1.807) is 0 Å². The lowest BCUT2D eigenvalue weighted by atomic mass is 10.1. The molecular formula is C20H38O7. The second-order valence-corrected chi connectivity index (χ2v) is 6.91. The molecule has 0 aliphatic rings. The summed E-state index contributed by atoms with van der Waals surface area (Å²) in [5, 5.41) is 17.2. The normalized spacial score (nSPS) is 13.4. The van der Waals surface area contributed by atoms with Gasteiger partial charge in [-0.1, -0.05) is 44.9 Å². The maximum atomic E-state index is 10.6. The van der Waals surface area contributed by atoms with E-state index in [0.717, 1.165) is 32.1 Å². The lowest BCUT2D eigenvalue weighted by molar-refractivity contribution is -0.150. The first-order valence-corrected chi connectivity index (χ1v) is 10.2. The highest BCUT2D eigenvalue weighted by atomic mass is 16.6. The van der Waals surface area contributed by atoms with Crippen LogP contribution in [0.15, 0.2) is 0 Å². The van der Waals surface area contributed by atoms with Gasteiger partial charge in [-0.2, -0.15) is 0 Å². The molecule has 0 spiro atoms. The van der Waals surface area contributed by atoms with Gasteiger partial charge in [0.25, 0.3) is 0 Å². The third-order valence-corrected chi connectivity index (χ3v) is 4.32. The number of carboxylic acids is 2. The highest BCUT2D eigenvalue weighted by molar-refractivity contribution is 5.71. The van der Waals surface area contributed by atoms with Crippen LogP contribution < -0.4 is 0 Å². The van der Waals surface area contributed by atoms with E-state index in [1.165, 1.54) is 32.6 Å². The Morgan fingerprint density at radius 3 is 1.81 bits per heavy atom. The van der Waals surface area contributed by atoms with Gasteiger partial charge in [0.2, 0.25) is 0 Å². The molecule has 0 saturated heterocycles. The Hall–Kier alpha value is -1.18. The molecule has 0 fully saturated rings. The average molecular weight is 391 g/mol. The fraction of sp³-hybridized carbons (Fsp3) is 0.900. The summed E-state index contributed by atoms with van der Waals surface area (Å²) >= 11 is 0. The monoisotopic (exact) mass is 390 g/mol. The van der Waals surface area contributed by atoms with Crippen LogP contribution in [0.25, 0.3) is 0 Å². The number of carbonyl (C=O) groups is 2. The number of aliphatic carboxylic acids is 2. The fourth-order valence-corrected chi connectivity index (χ4v) is 2.62. The van der Waals surface area contributed by atoms with Crippen molar-refractivity contribution in [3.05, 3.63) is 0 Å². The van der Waals surface area contributed by atoms with E-state index in [1.807, 2.05) is 0 Å². The molecule has 7 nitrogen and oxygen atoms in total. The summed E-state index contributed by atoms with van der Waals surface area (Å²) in [6.45, 7) is 5.22. The van der Waals surface area contributed by atoms with Crippen molar-refractivity contribution in [1.82, 2.24) is 0 Å². The first-order valence-electron chi connectivity index (χ1n) is 10.2. The molecule has 27 heavy (non-hydrogen) atoms. The molecule has 2 N–H and O–H groups in total. The van der Waals surface area contributed by atoms with Crippen LogP contribution in [0.1, 0.15) is 78.1 Å². The predicted octanol–water partition coefficient (Wildman–Crippen LogP) is 3.88. The van der Waals surface area contributed by atoms with E-state index in [2.05, 4.69) is 6.92 Å². The Kier molecular flexibility index (Phi) is 17.4. The summed E-state index contributed by atoms with van der Waals surface area (Å²) < 4.78 is 16.1. The number of hydrogen-bond acceptors (Lipinski definition) is 5. The molecule has 0 bridgehead atoms. The van der Waals surface area contributed by atoms with Gasteiger partial charge in [0.1, 0.15) is 0 Å². The van der Waals surface area contributed by atoms with Gasteiger partial charge in [-0.05, 0) is 26.7 Å². The molecule has 0 rings (SSSR count). The van der Waals surface area contributed by atoms with Crippen LogP contribution >= 0.6 is 0 Å². The van der Waals surface area contributed by atoms with Gasteiger partial charge in [0.15, 0.2) is 6.10 Å². The minimum atomic E-state index is -0.970. The predicted molar refractivity (Wildman–Crippen MR) is 103 cm³/mol. The summed E-state index contributed by atoms with van der Waals surface area (Å²) in [5.41, 5.74) is 0. The van der Waals surface area contributed by atoms with E-state index in [0.29, 0.717) is 26.2 Å². The number of carboxylic acid groups (broad SMARTS) is 2. The summed E-state index contributed by atoms with van der Waals surface area (Å²) in [4.78, 5) is 20.9. The van der Waals surface area contributed by atoms with Crippen LogP contribution in [0.2, 0.25) is 0 Å². The third-order valence-electron chi connectivity index (χ3n) is 4.32. The minimum absolute atomic E-state index is 0.216. The SMILES string of the molecule is CC(CCCCCCCCCCC(=O)O)OCCOCCOC(C)C(=O)O. The molecule has 0 amide bonds. The van der Waals surface area contributed by atoms with E-state index < -0.39 is 18.0 Å². The molecule has 0 aromatic rings. The highest BCUT2D eigenvalue weighted by Crippen LogP contribution is 2.12. The zero-order valence-corrected chi connectivity index (χ0v) is 17.0. The third kappa shape index (κ3) is 19.4. The summed E-state index contributed by atoms with van der Waals surface area (Å²) in [5.74, 6) is -1.67. The van der Waals surface area contributed by atoms with E-state index >= 15 is 0 Å². The van der Waals surface area contributed by atoms with Crippen LogP contribution in [0.5, 0.6) is 0 Å². The Morgan fingerprint density at radius 1 is 0.741 bits per heavy atom. The van der Waals surface area contributed by atoms with Crippen molar-refractivity contribution in [2.24, 2.45) is 0 Å². The minimum Gasteiger partial charge on any atom is -0.481 e. The zero-order valence-electron chi connectivity index (χ0n) is 17.0. The van der Waals surface area contributed by atoms with Gasteiger partial charge >= 0.3 is 11.9 Å². The molecule has 0 aliphatic carbocycles. The Labute approximate surface area is 163 Å². The van der Waals surface area contributed by atoms with Crippen LogP contribution in [0.4, 0.5) is 0 Å². The number of rotatable bonds is 20. The Morgan fingerprint density at radius 2 is 1.26 bits per heavy atom. The zero-order chi connectivity index (χ0) is 20.3. The van der Waals surface area contributed by atoms with Gasteiger partial charge in [-0.15, -0.1) is 0 Å². The molecule has 0 radical (unpaired) electrons. The molecule has 7 heteroatoms. The summed E-state index contributed by atoms with van der Waals surface area (Å²) in [6.07, 6.45) is 9.69. The Balaban J connectivity index is 3.25. The topological polar surface area (TPSA) is 102 Å². The molecule has 0 saturated carbocycles. The van der Waals surface area contributed by atoms with Crippen molar-refractivity contribution in [1.29, 1.82) is 0 Å². The number of ether oxygens (including phenoxy) is 3. The van der Waals surface area contributed by atoms with E-state index in [4.69, 9.17) is 24.4 Å². The smallest absolute Gasteiger partial charge is 0.332 e. The van der Waals surface area contributed by atoms with Crippen molar-refractivity contribution in [2.75, 3.05) is 26.4 Å². The molecule has 0 heterocycles. The number of unbranched alkanes of at least 4 members (excludes halogenated alkanes) is 7. The quantitative estimate of drug-likeness (QED) is 0.304. The van der Waals surface area contributed by atoms with Gasteiger partial charge in [0, 0.05) is 6.42 Å². The number of hydrogen-bond donors (Lipinski definition) is 2. The molecular weight excluding hydrogens is 352 g/mol. The highest BCUT2D eigenvalue weighted by Gasteiger charge is 2.10. The molecule has 0 aromatic carbocycles. The summed E-state index contributed by atoms with van der Waals surface area (Å²) in [6, 6.07) is 0. The standard InChI is InChI=1S/C20H38O7/c1-17(26-15-13-25-14-16-27-18(2)20(23)24)11-9-7-5-3-4-6-8-10-12-19(21)22/h17-18H,3-16H2,1-2H3,(H,21,22)(H,23,24). The second-order valence-electron chi connectivity index (χ2n) is 6.91. The van der Waals surface area contributed by atoms with Crippen molar-refractivity contribution < 1.29 is 34.0 Å². The van der Waals surface area contributed by atoms with Crippen LogP contribution in [0.3, 0.4) is 0 Å². The van der Waals surface area contributed by atoms with E-state index in [-0.39, 0.29) is 12.7 Å². The van der Waals surface area contributed by atoms with E-state index in [9.17, 15) is 9.59 Å². The van der Waals surface area contributed by atoms with Crippen LogP contribution in [0, 0.1) is 0 Å². The van der Waals surface area contributed by atoms with Gasteiger partial charge in [-0.3, -0.25) is 4.79 Å². The van der Waals surface area contributed by atoms with Gasteiger partial charge < -0.3 is 24.4 Å². The lowest BCUT2D eigenvalue weighted by Crippen LogP contribution is -2.22. The van der Waals surface area contributed by atoms with Crippen LogP contribution in [-0.2, 0) is 23.8 Å². The van der Waals surface area contributed by atoms with Crippen LogP contribution in [-0.4, -0.2) is 60.8 Å². The maximum Gasteiger partial charge on any atom is 0.332 e. The fourth-order valence-electron chi connectivity index (χ4n) is 2.62. The van der Waals surface area contributed by atoms with Gasteiger partial charge in [-0.25, -0.2) is 4.79 Å². The first-order chi connectivity index (χ1) is 12.9. The maximum absolute atomic E-state index is 10.6. The molecule has 0 aromatic heterocycles. The van der Waals surface area contributed by atoms with Gasteiger partial charge in [0.05, 0.1) is 32.5 Å². The lowest BCUT2D eigenvalue weighted by Gasteiger charge is -2.13. The Bertz CT molecular complexity index is 373. The van der Waals surface area contributed by atoms with Crippen molar-refractivity contribution >= 4 is 11.9 Å². The first kappa shape index (κ1) is 25.8. The van der Waals surface area contributed by atoms with Crippen molar-refractivity contribution in [2.45, 2.75) is 90.3 Å². The van der Waals surface area contributed by atoms with Crippen molar-refractivity contribution in [3.63, 3.8) is 0 Å². The summed E-state index contributed by atoms with van der Waals surface area (Å²) in [7, 11) is 0. The molecule has 2 atom stereocenters. The molecule has 2 unspecified atom stereocenters. The second kappa shape index (κ2) is 18.2. The largest absolute Gasteiger partial charge is 0.481 e. The van der Waals surface area contributed by atoms with Crippen molar-refractivity contribution in [3.8, 4) is 0 Å². The molecule has 160 valence electrons. The average Bonchev–Trinajstić information content (AvgIpc) is 2.61.